The Morgan fingerprint density at radius 1 is 1.19 bits per heavy atom. The average molecular weight is 302 g/mol. The van der Waals surface area contributed by atoms with Crippen LogP contribution in [0.1, 0.15) is 43.6 Å². The predicted octanol–water partition coefficient (Wildman–Crippen LogP) is 4.53. The van der Waals surface area contributed by atoms with E-state index < -0.39 is 0 Å². The minimum Gasteiger partial charge on any atom is -0.261 e. The van der Waals surface area contributed by atoms with Crippen LogP contribution in [0.3, 0.4) is 0 Å². The molecule has 0 unspecified atom stereocenters. The van der Waals surface area contributed by atoms with Crippen molar-refractivity contribution >= 4 is 33.1 Å². The van der Waals surface area contributed by atoms with Crippen molar-refractivity contribution in [3.8, 4) is 0 Å². The molecule has 4 nitrogen and oxygen atoms in total. The summed E-state index contributed by atoms with van der Waals surface area (Å²) in [6.07, 6.45) is 5.40. The fraction of sp³-hybridized carbons (Fsp3) is 0.562. The van der Waals surface area contributed by atoms with Crippen molar-refractivity contribution in [2.75, 3.05) is 5.43 Å². The van der Waals surface area contributed by atoms with E-state index in [1.54, 1.807) is 17.7 Å². The van der Waals surface area contributed by atoms with Crippen molar-refractivity contribution in [3.63, 3.8) is 0 Å². The molecule has 1 aliphatic rings. The molecule has 1 fully saturated rings. The minimum absolute atomic E-state index is 0.559. The van der Waals surface area contributed by atoms with E-state index in [0.717, 1.165) is 16.0 Å². The van der Waals surface area contributed by atoms with Gasteiger partial charge in [0.2, 0.25) is 0 Å². The summed E-state index contributed by atoms with van der Waals surface area (Å²) in [5.74, 6) is 1.95. The number of nitrogens with one attached hydrogen (secondary N) is 1. The molecule has 3 rings (SSSR count). The Bertz CT molecular complexity index is 677. The second-order valence-electron chi connectivity index (χ2n) is 6.07. The van der Waals surface area contributed by atoms with Crippen molar-refractivity contribution in [2.24, 2.45) is 16.9 Å². The zero-order chi connectivity index (χ0) is 15.0. The maximum atomic E-state index is 4.70. The van der Waals surface area contributed by atoms with Gasteiger partial charge in [0.1, 0.15) is 11.2 Å². The number of nitrogens with zero attached hydrogens (tertiary/aromatic N) is 3. The van der Waals surface area contributed by atoms with E-state index in [-0.39, 0.29) is 0 Å². The Hall–Kier alpha value is -1.49. The molecule has 1 N–H and O–H groups in total. The number of rotatable bonds is 2. The van der Waals surface area contributed by atoms with Gasteiger partial charge in [0.25, 0.3) is 0 Å². The topological polar surface area (TPSA) is 50.2 Å². The molecule has 2 aromatic heterocycles. The van der Waals surface area contributed by atoms with Gasteiger partial charge in [-0.3, -0.25) is 5.43 Å². The van der Waals surface area contributed by atoms with Crippen LogP contribution >= 0.6 is 11.3 Å². The summed E-state index contributed by atoms with van der Waals surface area (Å²) >= 11 is 1.72. The molecule has 0 radical (unpaired) electrons. The fourth-order valence-electron chi connectivity index (χ4n) is 3.12. The third kappa shape index (κ3) is 2.67. The molecule has 21 heavy (non-hydrogen) atoms. The molecule has 112 valence electrons. The molecule has 2 heterocycles. The van der Waals surface area contributed by atoms with Gasteiger partial charge in [0, 0.05) is 10.6 Å². The Morgan fingerprint density at radius 3 is 2.62 bits per heavy atom. The third-order valence-corrected chi connectivity index (χ3v) is 5.66. The molecule has 0 saturated heterocycles. The standard InChI is InChI=1S/C16H22N4S/c1-9-6-5-7-10(2)14(9)19-20-15-13-11(3)12(4)21-16(13)18-8-17-15/h8-10H,5-7H2,1-4H3,(H,17,18,20)/t9-,10+. The highest BCUT2D eigenvalue weighted by Crippen LogP contribution is 2.33. The summed E-state index contributed by atoms with van der Waals surface area (Å²) in [7, 11) is 0. The van der Waals surface area contributed by atoms with Gasteiger partial charge in [-0.1, -0.05) is 20.3 Å². The second-order valence-corrected chi connectivity index (χ2v) is 7.27. The number of thiophene rings is 1. The number of fused-ring (bicyclic) bond motifs is 1. The van der Waals surface area contributed by atoms with Crippen LogP contribution in [0.15, 0.2) is 11.4 Å². The number of anilines is 1. The lowest BCUT2D eigenvalue weighted by molar-refractivity contribution is 0.486. The van der Waals surface area contributed by atoms with Gasteiger partial charge in [-0.05, 0) is 44.1 Å². The van der Waals surface area contributed by atoms with Gasteiger partial charge in [0.05, 0.1) is 5.39 Å². The predicted molar refractivity (Wildman–Crippen MR) is 90.1 cm³/mol. The van der Waals surface area contributed by atoms with Gasteiger partial charge in [-0.25, -0.2) is 9.97 Å². The lowest BCUT2D eigenvalue weighted by atomic mass is 9.81. The van der Waals surface area contributed by atoms with E-state index in [4.69, 9.17) is 5.10 Å². The number of hydrogen-bond donors (Lipinski definition) is 1. The minimum atomic E-state index is 0.559. The SMILES string of the molecule is Cc1sc2ncnc(NN=C3[C@H](C)CCC[C@@H]3C)c2c1C. The lowest BCUT2D eigenvalue weighted by Gasteiger charge is -2.26. The Morgan fingerprint density at radius 2 is 1.90 bits per heavy atom. The maximum Gasteiger partial charge on any atom is 0.158 e. The van der Waals surface area contributed by atoms with Gasteiger partial charge in [-0.15, -0.1) is 11.3 Å². The molecule has 0 amide bonds. The van der Waals surface area contributed by atoms with E-state index in [9.17, 15) is 0 Å². The normalized spacial score (nSPS) is 24.7. The highest BCUT2D eigenvalue weighted by Gasteiger charge is 2.23. The summed E-state index contributed by atoms with van der Waals surface area (Å²) in [6.45, 7) is 8.79. The van der Waals surface area contributed by atoms with E-state index in [0.29, 0.717) is 11.8 Å². The number of hydrogen-bond acceptors (Lipinski definition) is 5. The number of aryl methyl sites for hydroxylation is 2. The average Bonchev–Trinajstić information content (AvgIpc) is 2.74. The summed E-state index contributed by atoms with van der Waals surface area (Å²) in [5, 5.41) is 5.81. The van der Waals surface area contributed by atoms with E-state index >= 15 is 0 Å². The van der Waals surface area contributed by atoms with Crippen molar-refractivity contribution < 1.29 is 0 Å². The van der Waals surface area contributed by atoms with Crippen LogP contribution in [0.25, 0.3) is 10.2 Å². The first-order valence-electron chi connectivity index (χ1n) is 7.62. The van der Waals surface area contributed by atoms with Crippen LogP contribution in [0, 0.1) is 25.7 Å². The highest BCUT2D eigenvalue weighted by atomic mass is 32.1. The number of aromatic nitrogens is 2. The van der Waals surface area contributed by atoms with Crippen LogP contribution in [0.5, 0.6) is 0 Å². The molecule has 2 aromatic rings. The molecule has 1 aliphatic carbocycles. The summed E-state index contributed by atoms with van der Waals surface area (Å²) in [5.41, 5.74) is 5.74. The smallest absolute Gasteiger partial charge is 0.158 e. The highest BCUT2D eigenvalue weighted by molar-refractivity contribution is 7.18. The van der Waals surface area contributed by atoms with Gasteiger partial charge in [-0.2, -0.15) is 5.10 Å². The molecule has 1 saturated carbocycles. The molecule has 2 atom stereocenters. The molecule has 5 heteroatoms. The van der Waals surface area contributed by atoms with E-state index in [1.165, 1.54) is 35.4 Å². The molecule has 0 aromatic carbocycles. The summed E-state index contributed by atoms with van der Waals surface area (Å²) < 4.78 is 0. The number of hydrazone groups is 1. The van der Waals surface area contributed by atoms with Crippen LogP contribution in [-0.2, 0) is 0 Å². The van der Waals surface area contributed by atoms with Gasteiger partial charge >= 0.3 is 0 Å². The van der Waals surface area contributed by atoms with Crippen LogP contribution in [-0.4, -0.2) is 15.7 Å². The zero-order valence-electron chi connectivity index (χ0n) is 13.1. The van der Waals surface area contributed by atoms with E-state index in [2.05, 4.69) is 43.1 Å². The first kappa shape index (κ1) is 14.4. The van der Waals surface area contributed by atoms with Crippen LogP contribution < -0.4 is 5.43 Å². The first-order valence-corrected chi connectivity index (χ1v) is 8.43. The zero-order valence-corrected chi connectivity index (χ0v) is 13.9. The molecule has 0 spiro atoms. The maximum absolute atomic E-state index is 4.70. The van der Waals surface area contributed by atoms with Crippen molar-refractivity contribution in [1.82, 2.24) is 9.97 Å². The Labute approximate surface area is 129 Å². The second kappa shape index (κ2) is 5.72. The monoisotopic (exact) mass is 302 g/mol. The Kier molecular flexibility index (Phi) is 3.93. The van der Waals surface area contributed by atoms with Crippen molar-refractivity contribution in [3.05, 3.63) is 16.8 Å². The summed E-state index contributed by atoms with van der Waals surface area (Å²) in [4.78, 5) is 11.1. The molecule has 0 bridgehead atoms. The fourth-order valence-corrected chi connectivity index (χ4v) is 4.11. The lowest BCUT2D eigenvalue weighted by Crippen LogP contribution is -2.25. The molecule has 0 aliphatic heterocycles. The van der Waals surface area contributed by atoms with Crippen LogP contribution in [0.2, 0.25) is 0 Å². The quantitative estimate of drug-likeness (QED) is 0.829. The van der Waals surface area contributed by atoms with Crippen molar-refractivity contribution in [2.45, 2.75) is 47.0 Å². The largest absolute Gasteiger partial charge is 0.261 e. The van der Waals surface area contributed by atoms with Crippen LogP contribution in [0.4, 0.5) is 5.82 Å². The molecular weight excluding hydrogens is 280 g/mol. The Balaban J connectivity index is 1.95. The first-order chi connectivity index (χ1) is 10.1. The van der Waals surface area contributed by atoms with Gasteiger partial charge in [0.15, 0.2) is 5.82 Å². The third-order valence-electron chi connectivity index (χ3n) is 4.54. The molecular formula is C16H22N4S. The van der Waals surface area contributed by atoms with E-state index in [1.807, 2.05) is 0 Å². The van der Waals surface area contributed by atoms with Gasteiger partial charge < -0.3 is 0 Å². The summed E-state index contributed by atoms with van der Waals surface area (Å²) in [6, 6.07) is 0. The van der Waals surface area contributed by atoms with Crippen molar-refractivity contribution in [1.29, 1.82) is 0 Å².